The van der Waals surface area contributed by atoms with Crippen LogP contribution in [0.1, 0.15) is 134 Å². The second-order valence-corrected chi connectivity index (χ2v) is 8.99. The van der Waals surface area contributed by atoms with Crippen molar-refractivity contribution in [2.45, 2.75) is 134 Å². The molecule has 0 saturated carbocycles. The van der Waals surface area contributed by atoms with Crippen molar-refractivity contribution in [3.05, 3.63) is 0 Å². The van der Waals surface area contributed by atoms with Crippen molar-refractivity contribution >= 4 is 0 Å². The zero-order valence-corrected chi connectivity index (χ0v) is 25.1. The largest absolute Gasteiger partial charge is 0.329 e. The first-order chi connectivity index (χ1) is 18.2. The van der Waals surface area contributed by atoms with E-state index < -0.39 is 0 Å². The van der Waals surface area contributed by atoms with E-state index in [0.717, 1.165) is 124 Å². The zero-order chi connectivity index (χ0) is 27.7. The molecule has 0 fully saturated rings. The lowest BCUT2D eigenvalue weighted by Gasteiger charge is -2.22. The Hall–Kier alpha value is -0.480. The van der Waals surface area contributed by atoms with Crippen LogP contribution < -0.4 is 53.6 Å². The predicted octanol–water partition coefficient (Wildman–Crippen LogP) is 7.44. The van der Waals surface area contributed by atoms with E-state index in [9.17, 15) is 0 Å². The van der Waals surface area contributed by atoms with Crippen LogP contribution in [0.25, 0.3) is 0 Å². The summed E-state index contributed by atoms with van der Waals surface area (Å²) in [7, 11) is 9.95. The summed E-state index contributed by atoms with van der Waals surface area (Å²) in [4.78, 5) is 4.96. The van der Waals surface area contributed by atoms with Crippen molar-refractivity contribution in [1.82, 2.24) is 57.7 Å². The van der Waals surface area contributed by atoms with Crippen LogP contribution in [0.2, 0.25) is 0 Å². The van der Waals surface area contributed by atoms with Crippen molar-refractivity contribution in [2.75, 3.05) is 166 Å². The molecule has 0 radical (unpaired) electrons. The molecule has 55 heavy (non-hydrogen) atoms. The summed E-state index contributed by atoms with van der Waals surface area (Å²) in [5, 5.41) is 29.5. The van der Waals surface area contributed by atoms with Gasteiger partial charge in [-0.05, 0) is 35.2 Å². The van der Waals surface area contributed by atoms with Gasteiger partial charge in [0.15, 0.2) is 0 Å². The SMILES string of the molecule is C.C.C.C.C.C.C.C.C.C.C.C.C.C.C.C.C.C.CNCCNCCN(CCNC)CCNCCN.CNCCNCCN(CCNC)CCNCCNC. The van der Waals surface area contributed by atoms with Gasteiger partial charge in [-0.15, -0.1) is 0 Å². The lowest BCUT2D eigenvalue weighted by Crippen LogP contribution is -2.41. The van der Waals surface area contributed by atoms with Gasteiger partial charge in [0.25, 0.3) is 0 Å². The highest BCUT2D eigenvalue weighted by Gasteiger charge is 2.04. The van der Waals surface area contributed by atoms with Gasteiger partial charge in [-0.3, -0.25) is 9.80 Å². The molecular formula is C43H138N12. The van der Waals surface area contributed by atoms with Crippen molar-refractivity contribution in [3.8, 4) is 0 Å². The quantitative estimate of drug-likeness (QED) is 0.0343. The van der Waals surface area contributed by atoms with E-state index in [0.29, 0.717) is 6.54 Å². The molecule has 0 unspecified atom stereocenters. The van der Waals surface area contributed by atoms with Crippen LogP contribution in [0.5, 0.6) is 0 Å². The molecule has 370 valence electrons. The summed E-state index contributed by atoms with van der Waals surface area (Å²) in [6, 6.07) is 0. The highest BCUT2D eigenvalue weighted by molar-refractivity contribution is 4.65. The van der Waals surface area contributed by atoms with Gasteiger partial charge in [-0.25, -0.2) is 0 Å². The third kappa shape index (κ3) is 119. The molecule has 0 aliphatic rings. The van der Waals surface area contributed by atoms with Crippen LogP contribution in [0.15, 0.2) is 0 Å². The van der Waals surface area contributed by atoms with Gasteiger partial charge < -0.3 is 53.6 Å². The first kappa shape index (κ1) is 131. The minimum Gasteiger partial charge on any atom is -0.329 e. The van der Waals surface area contributed by atoms with Crippen LogP contribution >= 0.6 is 0 Å². The molecule has 12 nitrogen and oxygen atoms in total. The molecule has 0 amide bonds. The van der Waals surface area contributed by atoms with E-state index in [-0.39, 0.29) is 134 Å². The lowest BCUT2D eigenvalue weighted by molar-refractivity contribution is 0.274. The van der Waals surface area contributed by atoms with Gasteiger partial charge in [0.05, 0.1) is 0 Å². The van der Waals surface area contributed by atoms with E-state index in [4.69, 9.17) is 5.73 Å². The number of nitrogens with one attached hydrogen (secondary N) is 9. The Kier molecular flexibility index (Phi) is 295. The average molecular weight is 824 g/mol. The minimum atomic E-state index is 0. The summed E-state index contributed by atoms with van der Waals surface area (Å²) >= 11 is 0. The second-order valence-electron chi connectivity index (χ2n) is 8.99. The Morgan fingerprint density at radius 2 is 0.436 bits per heavy atom. The average Bonchev–Trinajstić information content (AvgIpc) is 2.91. The van der Waals surface area contributed by atoms with Crippen molar-refractivity contribution in [1.29, 1.82) is 0 Å². The van der Waals surface area contributed by atoms with Crippen molar-refractivity contribution < 1.29 is 0 Å². The number of likely N-dealkylation sites (N-methyl/N-ethyl adjacent to an activating group) is 5. The zero-order valence-electron chi connectivity index (χ0n) is 25.1. The van der Waals surface area contributed by atoms with Gasteiger partial charge >= 0.3 is 0 Å². The van der Waals surface area contributed by atoms with Crippen LogP contribution in [0.3, 0.4) is 0 Å². The molecule has 0 atom stereocenters. The Balaban J connectivity index is -0.0000000187. The minimum absolute atomic E-state index is 0. The summed E-state index contributed by atoms with van der Waals surface area (Å²) in [6.45, 7) is 20.6. The standard InChI is InChI=1S/C13H34N6.C12H32N6.18CH4/c1-14-4-6-17-9-12-19(11-8-16-3)13-10-18-7-5-15-2;1-14-5-6-17-9-12-18(10-7-15-2)11-8-16-4-3-13;;;;;;;;;;;;;;;;;;/h14-18H,4-13H2,1-3H3;14-17H,3-13H2,1-2H3;18*1H4. The topological polar surface area (TPSA) is 141 Å². The van der Waals surface area contributed by atoms with Crippen molar-refractivity contribution in [2.24, 2.45) is 5.73 Å². The molecular weight excluding hydrogens is 685 g/mol. The fourth-order valence-electron chi connectivity index (χ4n) is 3.40. The first-order valence-corrected chi connectivity index (χ1v) is 14.4. The van der Waals surface area contributed by atoms with Gasteiger partial charge in [0.1, 0.15) is 0 Å². The lowest BCUT2D eigenvalue weighted by atomic mass is 10.4. The Morgan fingerprint density at radius 3 is 0.618 bits per heavy atom. The van der Waals surface area contributed by atoms with Crippen LogP contribution in [-0.2, 0) is 0 Å². The molecule has 0 aromatic carbocycles. The third-order valence-corrected chi connectivity index (χ3v) is 5.75. The smallest absolute Gasteiger partial charge is 0.0108 e. The Morgan fingerprint density at radius 1 is 0.255 bits per heavy atom. The van der Waals surface area contributed by atoms with Crippen LogP contribution in [0.4, 0.5) is 0 Å². The fourth-order valence-corrected chi connectivity index (χ4v) is 3.40. The molecule has 11 N–H and O–H groups in total. The molecule has 0 aliphatic carbocycles. The number of hydrogen-bond donors (Lipinski definition) is 10. The summed E-state index contributed by atoms with van der Waals surface area (Å²) in [6.07, 6.45) is 0. The number of rotatable bonds is 29. The highest BCUT2D eigenvalue weighted by Crippen LogP contribution is 1.86. The molecule has 0 saturated heterocycles. The van der Waals surface area contributed by atoms with E-state index in [1.54, 1.807) is 0 Å². The maximum atomic E-state index is 5.45. The molecule has 0 heterocycles. The normalized spacial score (nSPS) is 7.64. The van der Waals surface area contributed by atoms with E-state index in [1.165, 1.54) is 0 Å². The molecule has 0 aromatic heterocycles. The number of nitrogens with two attached hydrogens (primary N) is 1. The summed E-state index contributed by atoms with van der Waals surface area (Å²) in [5.74, 6) is 0. The van der Waals surface area contributed by atoms with Crippen LogP contribution in [0, 0.1) is 0 Å². The van der Waals surface area contributed by atoms with Gasteiger partial charge in [0.2, 0.25) is 0 Å². The van der Waals surface area contributed by atoms with E-state index >= 15 is 0 Å². The Bertz CT molecular complexity index is 387. The highest BCUT2D eigenvalue weighted by atomic mass is 15.2. The van der Waals surface area contributed by atoms with Crippen LogP contribution in [-0.4, -0.2) is 176 Å². The summed E-state index contributed by atoms with van der Waals surface area (Å²) < 4.78 is 0. The molecule has 0 aromatic rings. The van der Waals surface area contributed by atoms with E-state index in [1.807, 2.05) is 35.2 Å². The van der Waals surface area contributed by atoms with Gasteiger partial charge in [0, 0.05) is 131 Å². The predicted molar refractivity (Wildman–Crippen MR) is 284 cm³/mol. The molecule has 0 bridgehead atoms. The fraction of sp³-hybridized carbons (Fsp3) is 1.00. The summed E-state index contributed by atoms with van der Waals surface area (Å²) in [5.41, 5.74) is 5.45. The molecule has 0 aliphatic heterocycles. The van der Waals surface area contributed by atoms with Crippen molar-refractivity contribution in [3.63, 3.8) is 0 Å². The maximum absolute atomic E-state index is 5.45. The number of hydrogen-bond acceptors (Lipinski definition) is 12. The maximum Gasteiger partial charge on any atom is 0.0108 e. The van der Waals surface area contributed by atoms with Gasteiger partial charge in [-0.1, -0.05) is 134 Å². The number of nitrogens with zero attached hydrogens (tertiary/aromatic N) is 2. The van der Waals surface area contributed by atoms with E-state index in [2.05, 4.69) is 57.7 Å². The Labute approximate surface area is 362 Å². The second kappa shape index (κ2) is 124. The molecule has 0 spiro atoms. The molecule has 0 rings (SSSR count). The molecule has 12 heteroatoms. The van der Waals surface area contributed by atoms with Gasteiger partial charge in [-0.2, -0.15) is 0 Å². The first-order valence-electron chi connectivity index (χ1n) is 14.4. The monoisotopic (exact) mass is 823 g/mol. The third-order valence-electron chi connectivity index (χ3n) is 5.75.